The number of esters is 1. The summed E-state index contributed by atoms with van der Waals surface area (Å²) in [4.78, 5) is 11.2. The minimum absolute atomic E-state index is 0.0253. The molecule has 0 aromatic rings. The zero-order chi connectivity index (χ0) is 9.84. The van der Waals surface area contributed by atoms with E-state index in [4.69, 9.17) is 15.6 Å². The van der Waals surface area contributed by atoms with E-state index in [2.05, 4.69) is 0 Å². The topological polar surface area (TPSA) is 72.5 Å². The molecule has 13 heavy (non-hydrogen) atoms. The van der Waals surface area contributed by atoms with Crippen molar-refractivity contribution < 1.29 is 14.6 Å². The van der Waals surface area contributed by atoms with E-state index in [0.717, 1.165) is 25.7 Å². The van der Waals surface area contributed by atoms with Crippen molar-refractivity contribution in [1.82, 2.24) is 0 Å². The molecule has 3 N–H and O–H groups in total. The summed E-state index contributed by atoms with van der Waals surface area (Å²) in [5, 5.41) is 9.04. The lowest BCUT2D eigenvalue weighted by Crippen LogP contribution is -2.42. The molecular weight excluding hydrogens is 170 g/mol. The molecule has 0 spiro atoms. The Morgan fingerprint density at radius 1 is 1.54 bits per heavy atom. The average Bonchev–Trinajstić information content (AvgIpc) is 2.55. The molecule has 76 valence electrons. The molecule has 0 saturated heterocycles. The predicted octanol–water partition coefficient (Wildman–Crippen LogP) is 0.180. The van der Waals surface area contributed by atoms with E-state index in [1.165, 1.54) is 6.92 Å². The Kier molecular flexibility index (Phi) is 3.69. The van der Waals surface area contributed by atoms with Crippen molar-refractivity contribution in [2.24, 2.45) is 5.73 Å². The van der Waals surface area contributed by atoms with Crippen LogP contribution in [-0.4, -0.2) is 29.3 Å². The number of nitrogens with two attached hydrogens (primary N) is 1. The van der Waals surface area contributed by atoms with Crippen LogP contribution in [0.4, 0.5) is 0 Å². The van der Waals surface area contributed by atoms with Crippen LogP contribution in [0.5, 0.6) is 0 Å². The minimum Gasteiger partial charge on any atom is -0.461 e. The van der Waals surface area contributed by atoms with Crippen LogP contribution >= 0.6 is 0 Å². The first-order valence-electron chi connectivity index (χ1n) is 4.75. The number of aliphatic hydroxyl groups is 1. The highest BCUT2D eigenvalue weighted by molar-refractivity contribution is 5.76. The monoisotopic (exact) mass is 187 g/mol. The van der Waals surface area contributed by atoms with Gasteiger partial charge in [0.1, 0.15) is 12.1 Å². The second-order valence-electron chi connectivity index (χ2n) is 3.61. The van der Waals surface area contributed by atoms with Gasteiger partial charge in [-0.3, -0.25) is 4.79 Å². The van der Waals surface area contributed by atoms with Crippen molar-refractivity contribution in [1.29, 1.82) is 0 Å². The molecule has 0 aromatic carbocycles. The summed E-state index contributed by atoms with van der Waals surface area (Å²) in [6.07, 6.45) is 3.27. The first-order valence-corrected chi connectivity index (χ1v) is 4.75. The van der Waals surface area contributed by atoms with Crippen molar-refractivity contribution in [2.75, 3.05) is 0 Å². The van der Waals surface area contributed by atoms with Crippen LogP contribution in [-0.2, 0) is 9.53 Å². The van der Waals surface area contributed by atoms with Gasteiger partial charge in [-0.15, -0.1) is 0 Å². The quantitative estimate of drug-likeness (QED) is 0.618. The van der Waals surface area contributed by atoms with Crippen LogP contribution in [0.25, 0.3) is 0 Å². The standard InChI is InChI=1S/C9H17NO3/c1-6(11)8(10)9(12)13-7-4-2-3-5-7/h6-8,11H,2-5,10H2,1H3. The summed E-state index contributed by atoms with van der Waals surface area (Å²) in [6, 6.07) is -0.902. The van der Waals surface area contributed by atoms with Crippen molar-refractivity contribution in [3.05, 3.63) is 0 Å². The fraction of sp³-hybridized carbons (Fsp3) is 0.889. The molecule has 1 fully saturated rings. The van der Waals surface area contributed by atoms with E-state index in [1.807, 2.05) is 0 Å². The highest BCUT2D eigenvalue weighted by Crippen LogP contribution is 2.21. The molecule has 2 atom stereocenters. The number of hydrogen-bond acceptors (Lipinski definition) is 4. The number of rotatable bonds is 3. The Morgan fingerprint density at radius 2 is 2.08 bits per heavy atom. The van der Waals surface area contributed by atoms with E-state index in [9.17, 15) is 4.79 Å². The molecule has 0 aromatic heterocycles. The molecule has 2 unspecified atom stereocenters. The maximum Gasteiger partial charge on any atom is 0.325 e. The lowest BCUT2D eigenvalue weighted by molar-refractivity contribution is -0.152. The molecule has 0 bridgehead atoms. The van der Waals surface area contributed by atoms with Gasteiger partial charge in [0, 0.05) is 0 Å². The summed E-state index contributed by atoms with van der Waals surface area (Å²) in [6.45, 7) is 1.49. The molecule has 1 saturated carbocycles. The van der Waals surface area contributed by atoms with E-state index >= 15 is 0 Å². The van der Waals surface area contributed by atoms with Gasteiger partial charge >= 0.3 is 5.97 Å². The molecule has 1 aliphatic carbocycles. The molecular formula is C9H17NO3. The zero-order valence-electron chi connectivity index (χ0n) is 7.90. The summed E-state index contributed by atoms with van der Waals surface area (Å²) < 4.78 is 5.11. The van der Waals surface area contributed by atoms with Crippen LogP contribution in [0.2, 0.25) is 0 Å². The Labute approximate surface area is 78.1 Å². The molecule has 0 radical (unpaired) electrons. The van der Waals surface area contributed by atoms with Crippen LogP contribution < -0.4 is 5.73 Å². The van der Waals surface area contributed by atoms with Gasteiger partial charge in [-0.05, 0) is 32.6 Å². The molecule has 0 amide bonds. The largest absolute Gasteiger partial charge is 0.461 e. The van der Waals surface area contributed by atoms with Crippen molar-refractivity contribution >= 4 is 5.97 Å². The van der Waals surface area contributed by atoms with E-state index < -0.39 is 18.1 Å². The van der Waals surface area contributed by atoms with E-state index in [1.54, 1.807) is 0 Å². The third-order valence-electron chi connectivity index (χ3n) is 2.38. The van der Waals surface area contributed by atoms with E-state index in [0.29, 0.717) is 0 Å². The van der Waals surface area contributed by atoms with E-state index in [-0.39, 0.29) is 6.10 Å². The number of hydrogen-bond donors (Lipinski definition) is 2. The van der Waals surface area contributed by atoms with Gasteiger partial charge in [-0.2, -0.15) is 0 Å². The molecule has 4 heteroatoms. The van der Waals surface area contributed by atoms with Gasteiger partial charge in [-0.1, -0.05) is 0 Å². The van der Waals surface area contributed by atoms with Crippen LogP contribution in [0.15, 0.2) is 0 Å². The molecule has 4 nitrogen and oxygen atoms in total. The average molecular weight is 187 g/mol. The van der Waals surface area contributed by atoms with Crippen LogP contribution in [0, 0.1) is 0 Å². The SMILES string of the molecule is CC(O)C(N)C(=O)OC1CCCC1. The molecule has 0 aliphatic heterocycles. The third kappa shape index (κ3) is 2.97. The first kappa shape index (κ1) is 10.5. The van der Waals surface area contributed by atoms with Gasteiger partial charge in [0.25, 0.3) is 0 Å². The Morgan fingerprint density at radius 3 is 2.54 bits per heavy atom. The fourth-order valence-electron chi connectivity index (χ4n) is 1.45. The van der Waals surface area contributed by atoms with Crippen molar-refractivity contribution in [3.63, 3.8) is 0 Å². The van der Waals surface area contributed by atoms with Gasteiger partial charge < -0.3 is 15.6 Å². The summed E-state index contributed by atoms with van der Waals surface area (Å²) in [7, 11) is 0. The van der Waals surface area contributed by atoms with Crippen molar-refractivity contribution in [3.8, 4) is 0 Å². The maximum absolute atomic E-state index is 11.2. The summed E-state index contributed by atoms with van der Waals surface area (Å²) in [5.74, 6) is -0.484. The zero-order valence-corrected chi connectivity index (χ0v) is 7.90. The Bertz CT molecular complexity index is 176. The first-order chi connectivity index (χ1) is 6.11. The fourth-order valence-corrected chi connectivity index (χ4v) is 1.45. The van der Waals surface area contributed by atoms with Gasteiger partial charge in [-0.25, -0.2) is 0 Å². The smallest absolute Gasteiger partial charge is 0.325 e. The number of carbonyl (C=O) groups excluding carboxylic acids is 1. The second-order valence-corrected chi connectivity index (χ2v) is 3.61. The lowest BCUT2D eigenvalue weighted by Gasteiger charge is -2.17. The second kappa shape index (κ2) is 4.58. The Balaban J connectivity index is 2.31. The number of aliphatic hydroxyl groups excluding tert-OH is 1. The molecule has 1 aliphatic rings. The van der Waals surface area contributed by atoms with Gasteiger partial charge in [0.05, 0.1) is 6.10 Å². The number of carbonyl (C=O) groups is 1. The summed E-state index contributed by atoms with van der Waals surface area (Å²) >= 11 is 0. The van der Waals surface area contributed by atoms with Gasteiger partial charge in [0.2, 0.25) is 0 Å². The van der Waals surface area contributed by atoms with Gasteiger partial charge in [0.15, 0.2) is 0 Å². The van der Waals surface area contributed by atoms with Crippen molar-refractivity contribution in [2.45, 2.75) is 50.9 Å². The highest BCUT2D eigenvalue weighted by Gasteiger charge is 2.25. The summed E-state index contributed by atoms with van der Waals surface area (Å²) in [5.41, 5.74) is 5.41. The van der Waals surface area contributed by atoms with Crippen LogP contribution in [0.1, 0.15) is 32.6 Å². The third-order valence-corrected chi connectivity index (χ3v) is 2.38. The maximum atomic E-state index is 11.2. The van der Waals surface area contributed by atoms with Crippen LogP contribution in [0.3, 0.4) is 0 Å². The Hall–Kier alpha value is -0.610. The normalized spacial score (nSPS) is 22.7. The number of ether oxygens (including phenoxy) is 1. The lowest BCUT2D eigenvalue weighted by atomic mass is 10.2. The minimum atomic E-state index is -0.902. The highest BCUT2D eigenvalue weighted by atomic mass is 16.5. The molecule has 1 rings (SSSR count). The molecule has 0 heterocycles. The predicted molar refractivity (Wildman–Crippen MR) is 48.0 cm³/mol.